The second-order valence-electron chi connectivity index (χ2n) is 2.25. The van der Waals surface area contributed by atoms with E-state index in [1.807, 2.05) is 0 Å². The van der Waals surface area contributed by atoms with Crippen molar-refractivity contribution in [1.82, 2.24) is 0 Å². The molecular weight excluding hydrogens is 216 g/mol. The van der Waals surface area contributed by atoms with Crippen LogP contribution in [0.2, 0.25) is 0 Å². The van der Waals surface area contributed by atoms with Gasteiger partial charge in [-0.3, -0.25) is 0 Å². The molecule has 0 amide bonds. The van der Waals surface area contributed by atoms with Gasteiger partial charge in [-0.05, 0) is 6.92 Å². The fourth-order valence-corrected chi connectivity index (χ4v) is 0.429. The highest BCUT2D eigenvalue weighted by molar-refractivity contribution is 5.82. The van der Waals surface area contributed by atoms with Gasteiger partial charge >= 0.3 is 11.9 Å². The van der Waals surface area contributed by atoms with Gasteiger partial charge in [-0.15, -0.1) is 0 Å². The molecule has 0 rings (SSSR count). The number of aliphatic hydroxyl groups is 2. The van der Waals surface area contributed by atoms with Gasteiger partial charge < -0.3 is 19.7 Å². The highest BCUT2D eigenvalue weighted by Gasteiger charge is 2.09. The van der Waals surface area contributed by atoms with Crippen LogP contribution in [-0.4, -0.2) is 41.7 Å². The maximum Gasteiger partial charge on any atom is 0.332 e. The standard InChI is InChI=1S/C8H10O5.C2H6O/c1-3-6(9)12-5-8(11)13-7(10)4-2;1-2-3/h3-4,8,11H,1-2,5H2;3H,2H2,1H3. The van der Waals surface area contributed by atoms with E-state index >= 15 is 0 Å². The van der Waals surface area contributed by atoms with E-state index in [-0.39, 0.29) is 6.61 Å². The number of hydrogen-bond acceptors (Lipinski definition) is 6. The minimum Gasteiger partial charge on any atom is -0.456 e. The van der Waals surface area contributed by atoms with Crippen molar-refractivity contribution in [2.24, 2.45) is 0 Å². The van der Waals surface area contributed by atoms with E-state index in [9.17, 15) is 9.59 Å². The monoisotopic (exact) mass is 232 g/mol. The van der Waals surface area contributed by atoms with Crippen LogP contribution in [0.4, 0.5) is 0 Å². The summed E-state index contributed by atoms with van der Waals surface area (Å²) in [6, 6.07) is 0. The lowest BCUT2D eigenvalue weighted by molar-refractivity contribution is -0.175. The zero-order valence-electron chi connectivity index (χ0n) is 9.09. The maximum absolute atomic E-state index is 10.5. The van der Waals surface area contributed by atoms with E-state index in [4.69, 9.17) is 10.2 Å². The Morgan fingerprint density at radius 2 is 1.75 bits per heavy atom. The van der Waals surface area contributed by atoms with Gasteiger partial charge in [0.05, 0.1) is 0 Å². The third-order valence-electron chi connectivity index (χ3n) is 0.954. The molecule has 0 spiro atoms. The third-order valence-corrected chi connectivity index (χ3v) is 0.954. The van der Waals surface area contributed by atoms with Crippen molar-refractivity contribution in [2.75, 3.05) is 13.2 Å². The number of ether oxygens (including phenoxy) is 2. The smallest absolute Gasteiger partial charge is 0.332 e. The van der Waals surface area contributed by atoms with Crippen molar-refractivity contribution in [2.45, 2.75) is 13.2 Å². The van der Waals surface area contributed by atoms with Crippen molar-refractivity contribution in [3.05, 3.63) is 25.3 Å². The van der Waals surface area contributed by atoms with E-state index in [0.29, 0.717) is 0 Å². The molecule has 0 bridgehead atoms. The minimum atomic E-state index is -1.48. The number of esters is 2. The molecule has 0 fully saturated rings. The van der Waals surface area contributed by atoms with Crippen LogP contribution < -0.4 is 0 Å². The van der Waals surface area contributed by atoms with Crippen LogP contribution >= 0.6 is 0 Å². The lowest BCUT2D eigenvalue weighted by Gasteiger charge is -2.09. The van der Waals surface area contributed by atoms with Gasteiger partial charge in [0.25, 0.3) is 0 Å². The number of carbonyl (C=O) groups excluding carboxylic acids is 2. The lowest BCUT2D eigenvalue weighted by atomic mass is 10.6. The molecule has 92 valence electrons. The molecule has 0 aromatic heterocycles. The summed E-state index contributed by atoms with van der Waals surface area (Å²) in [4.78, 5) is 20.9. The van der Waals surface area contributed by atoms with Gasteiger partial charge in [-0.1, -0.05) is 13.2 Å². The Kier molecular flexibility index (Phi) is 12.0. The summed E-state index contributed by atoms with van der Waals surface area (Å²) in [5.41, 5.74) is 0. The summed E-state index contributed by atoms with van der Waals surface area (Å²) >= 11 is 0. The van der Waals surface area contributed by atoms with E-state index < -0.39 is 24.8 Å². The van der Waals surface area contributed by atoms with Crippen LogP contribution in [0, 0.1) is 0 Å². The van der Waals surface area contributed by atoms with Crippen molar-refractivity contribution in [3.63, 3.8) is 0 Å². The van der Waals surface area contributed by atoms with E-state index in [1.54, 1.807) is 6.92 Å². The van der Waals surface area contributed by atoms with Crippen LogP contribution in [0.1, 0.15) is 6.92 Å². The third kappa shape index (κ3) is 12.3. The zero-order chi connectivity index (χ0) is 13.0. The van der Waals surface area contributed by atoms with E-state index in [1.165, 1.54) is 0 Å². The molecule has 0 aliphatic rings. The summed E-state index contributed by atoms with van der Waals surface area (Å²) in [6.45, 7) is 7.76. The van der Waals surface area contributed by atoms with E-state index in [2.05, 4.69) is 22.6 Å². The Labute approximate surface area is 93.8 Å². The average molecular weight is 232 g/mol. The molecule has 0 radical (unpaired) electrons. The summed E-state index contributed by atoms with van der Waals surface area (Å²) < 4.78 is 8.66. The van der Waals surface area contributed by atoms with Gasteiger partial charge in [0.2, 0.25) is 6.29 Å². The Morgan fingerprint density at radius 1 is 1.31 bits per heavy atom. The summed E-state index contributed by atoms with van der Waals surface area (Å²) in [5.74, 6) is -1.49. The molecule has 16 heavy (non-hydrogen) atoms. The van der Waals surface area contributed by atoms with Crippen LogP contribution in [0.3, 0.4) is 0 Å². The Hall–Kier alpha value is -1.66. The first-order valence-electron chi connectivity index (χ1n) is 4.42. The fourth-order valence-electron chi connectivity index (χ4n) is 0.429. The summed E-state index contributed by atoms with van der Waals surface area (Å²) in [5, 5.41) is 16.5. The molecule has 0 heterocycles. The second kappa shape index (κ2) is 11.4. The first-order valence-corrected chi connectivity index (χ1v) is 4.42. The summed E-state index contributed by atoms with van der Waals surface area (Å²) in [6.07, 6.45) is 0.343. The van der Waals surface area contributed by atoms with Crippen LogP contribution in [0.15, 0.2) is 25.3 Å². The number of rotatable bonds is 5. The number of carbonyl (C=O) groups is 2. The van der Waals surface area contributed by atoms with Crippen molar-refractivity contribution in [1.29, 1.82) is 0 Å². The van der Waals surface area contributed by atoms with Gasteiger partial charge in [0.1, 0.15) is 0 Å². The van der Waals surface area contributed by atoms with Crippen molar-refractivity contribution < 1.29 is 29.3 Å². The van der Waals surface area contributed by atoms with Gasteiger partial charge in [-0.25, -0.2) is 9.59 Å². The first-order chi connectivity index (χ1) is 7.51. The predicted molar refractivity (Wildman–Crippen MR) is 56.2 cm³/mol. The van der Waals surface area contributed by atoms with Crippen LogP contribution in [0.25, 0.3) is 0 Å². The normalized spacial score (nSPS) is 10.2. The largest absolute Gasteiger partial charge is 0.456 e. The predicted octanol–water partition coefficient (Wildman–Crippen LogP) is -0.238. The average Bonchev–Trinajstić information content (AvgIpc) is 2.26. The molecular formula is C10H16O6. The SMILES string of the molecule is C=CC(=O)OCC(O)OC(=O)C=C.CCO. The minimum absolute atomic E-state index is 0.250. The zero-order valence-corrected chi connectivity index (χ0v) is 9.09. The van der Waals surface area contributed by atoms with E-state index in [0.717, 1.165) is 12.2 Å². The molecule has 6 heteroatoms. The molecule has 0 aromatic carbocycles. The van der Waals surface area contributed by atoms with Gasteiger partial charge in [0, 0.05) is 18.8 Å². The molecule has 2 N–H and O–H groups in total. The van der Waals surface area contributed by atoms with Crippen LogP contribution in [-0.2, 0) is 19.1 Å². The number of hydrogen-bond donors (Lipinski definition) is 2. The molecule has 0 saturated carbocycles. The Balaban J connectivity index is 0. The quantitative estimate of drug-likeness (QED) is 0.386. The fraction of sp³-hybridized carbons (Fsp3) is 0.400. The second-order valence-corrected chi connectivity index (χ2v) is 2.25. The molecule has 0 aliphatic carbocycles. The highest BCUT2D eigenvalue weighted by Crippen LogP contribution is 1.91. The van der Waals surface area contributed by atoms with Gasteiger partial charge in [0.15, 0.2) is 6.61 Å². The Bertz CT molecular complexity index is 235. The van der Waals surface area contributed by atoms with Crippen molar-refractivity contribution in [3.8, 4) is 0 Å². The molecule has 1 unspecified atom stereocenters. The number of aliphatic hydroxyl groups excluding tert-OH is 2. The topological polar surface area (TPSA) is 93.1 Å². The molecule has 0 aliphatic heterocycles. The molecule has 0 aromatic rings. The molecule has 0 saturated heterocycles. The summed E-state index contributed by atoms with van der Waals surface area (Å²) in [7, 11) is 0. The highest BCUT2D eigenvalue weighted by atomic mass is 16.7. The Morgan fingerprint density at radius 3 is 2.12 bits per heavy atom. The lowest BCUT2D eigenvalue weighted by Crippen LogP contribution is -2.23. The first kappa shape index (κ1) is 16.8. The van der Waals surface area contributed by atoms with Gasteiger partial charge in [-0.2, -0.15) is 0 Å². The molecule has 1 atom stereocenters. The van der Waals surface area contributed by atoms with Crippen LogP contribution in [0.5, 0.6) is 0 Å². The molecule has 6 nitrogen and oxygen atoms in total. The maximum atomic E-state index is 10.5. The van der Waals surface area contributed by atoms with Crippen molar-refractivity contribution >= 4 is 11.9 Å².